The van der Waals surface area contributed by atoms with Crippen LogP contribution >= 0.6 is 0 Å². The maximum Gasteiger partial charge on any atom is 0.315 e. The van der Waals surface area contributed by atoms with Crippen LogP contribution in [0.25, 0.3) is 0 Å². The van der Waals surface area contributed by atoms with E-state index in [1.165, 1.54) is 12.8 Å². The van der Waals surface area contributed by atoms with Crippen LogP contribution in [0.5, 0.6) is 0 Å². The molecule has 5 heteroatoms. The fourth-order valence-corrected chi connectivity index (χ4v) is 2.95. The van der Waals surface area contributed by atoms with E-state index in [0.29, 0.717) is 6.54 Å². The molecule has 0 aromatic carbocycles. The van der Waals surface area contributed by atoms with Crippen LogP contribution in [0.15, 0.2) is 0 Å². The number of nitrogens with one attached hydrogen (secondary N) is 2. The highest BCUT2D eigenvalue weighted by molar-refractivity contribution is 5.76. The molecule has 2 rings (SSSR count). The van der Waals surface area contributed by atoms with E-state index < -0.39 is 11.5 Å². The maximum atomic E-state index is 11.9. The minimum absolute atomic E-state index is 0.0308. The molecule has 2 saturated carbocycles. The van der Waals surface area contributed by atoms with Gasteiger partial charge in [0.05, 0.1) is 12.0 Å². The molecular weight excluding hydrogens is 244 g/mol. The Hall–Kier alpha value is -1.26. The van der Waals surface area contributed by atoms with Crippen molar-refractivity contribution in [3.8, 4) is 0 Å². The lowest BCUT2D eigenvalue weighted by molar-refractivity contribution is -0.139. The monoisotopic (exact) mass is 268 g/mol. The van der Waals surface area contributed by atoms with Gasteiger partial charge in [0, 0.05) is 6.54 Å². The third-order valence-corrected chi connectivity index (χ3v) is 4.21. The van der Waals surface area contributed by atoms with E-state index in [1.54, 1.807) is 0 Å². The summed E-state index contributed by atoms with van der Waals surface area (Å²) in [6, 6.07) is -0.205. The van der Waals surface area contributed by atoms with Gasteiger partial charge in [-0.3, -0.25) is 4.79 Å². The van der Waals surface area contributed by atoms with Gasteiger partial charge < -0.3 is 15.7 Å². The molecule has 0 saturated heterocycles. The molecule has 0 heterocycles. The first-order valence-electron chi connectivity index (χ1n) is 7.37. The number of carboxylic acid groups (broad SMARTS) is 1. The van der Waals surface area contributed by atoms with E-state index in [2.05, 4.69) is 10.6 Å². The predicted octanol–water partition coefficient (Wildman–Crippen LogP) is 2.26. The lowest BCUT2D eigenvalue weighted by Gasteiger charge is -2.36. The van der Waals surface area contributed by atoms with Crippen LogP contribution in [0.2, 0.25) is 0 Å². The summed E-state index contributed by atoms with van der Waals surface area (Å²) >= 11 is 0. The molecule has 0 spiro atoms. The lowest BCUT2D eigenvalue weighted by Crippen LogP contribution is -2.54. The first-order valence-corrected chi connectivity index (χ1v) is 7.37. The SMILES string of the molecule is O=C(O)CC1(NC(=O)NCCC2CC2)CCCCC1. The van der Waals surface area contributed by atoms with Gasteiger partial charge in [-0.05, 0) is 25.2 Å². The highest BCUT2D eigenvalue weighted by Gasteiger charge is 2.35. The number of carbonyl (C=O) groups is 2. The number of rotatable bonds is 6. The zero-order valence-corrected chi connectivity index (χ0v) is 11.4. The first kappa shape index (κ1) is 14.2. The molecule has 0 bridgehead atoms. The van der Waals surface area contributed by atoms with Crippen molar-refractivity contribution < 1.29 is 14.7 Å². The molecule has 2 fully saturated rings. The molecule has 19 heavy (non-hydrogen) atoms. The molecule has 0 aromatic rings. The summed E-state index contributed by atoms with van der Waals surface area (Å²) in [6.07, 6.45) is 8.31. The quantitative estimate of drug-likeness (QED) is 0.691. The van der Waals surface area contributed by atoms with Gasteiger partial charge in [-0.25, -0.2) is 4.79 Å². The van der Waals surface area contributed by atoms with Gasteiger partial charge in [0.1, 0.15) is 0 Å². The normalized spacial score (nSPS) is 21.7. The third kappa shape index (κ3) is 4.73. The second kappa shape index (κ2) is 6.26. The van der Waals surface area contributed by atoms with Crippen molar-refractivity contribution in [2.24, 2.45) is 5.92 Å². The van der Waals surface area contributed by atoms with Crippen LogP contribution in [0.4, 0.5) is 4.79 Å². The lowest BCUT2D eigenvalue weighted by atomic mass is 9.79. The molecular formula is C14H24N2O3. The second-order valence-corrected chi connectivity index (χ2v) is 6.02. The van der Waals surface area contributed by atoms with Crippen molar-refractivity contribution in [3.63, 3.8) is 0 Å². The van der Waals surface area contributed by atoms with Gasteiger partial charge in [-0.15, -0.1) is 0 Å². The molecule has 0 aliphatic heterocycles. The fourth-order valence-electron chi connectivity index (χ4n) is 2.95. The van der Waals surface area contributed by atoms with E-state index >= 15 is 0 Å². The Morgan fingerprint density at radius 3 is 2.42 bits per heavy atom. The minimum atomic E-state index is -0.833. The van der Waals surface area contributed by atoms with Gasteiger partial charge in [-0.2, -0.15) is 0 Å². The summed E-state index contributed by atoms with van der Waals surface area (Å²) in [5.41, 5.74) is -0.534. The molecule has 0 atom stereocenters. The van der Waals surface area contributed by atoms with Crippen molar-refractivity contribution in [3.05, 3.63) is 0 Å². The van der Waals surface area contributed by atoms with E-state index in [0.717, 1.165) is 44.4 Å². The van der Waals surface area contributed by atoms with Crippen LogP contribution < -0.4 is 10.6 Å². The Labute approximate surface area is 114 Å². The Kier molecular flexibility index (Phi) is 4.66. The number of urea groups is 1. The predicted molar refractivity (Wildman–Crippen MR) is 71.9 cm³/mol. The minimum Gasteiger partial charge on any atom is -0.481 e. The number of carbonyl (C=O) groups excluding carboxylic acids is 1. The highest BCUT2D eigenvalue weighted by atomic mass is 16.4. The molecule has 0 radical (unpaired) electrons. The van der Waals surface area contributed by atoms with Crippen molar-refractivity contribution >= 4 is 12.0 Å². The summed E-state index contributed by atoms with van der Waals surface area (Å²) < 4.78 is 0. The largest absolute Gasteiger partial charge is 0.481 e. The van der Waals surface area contributed by atoms with Crippen molar-refractivity contribution in [2.45, 2.75) is 63.3 Å². The van der Waals surface area contributed by atoms with Gasteiger partial charge in [0.25, 0.3) is 0 Å². The number of carboxylic acids is 1. The van der Waals surface area contributed by atoms with Crippen molar-refractivity contribution in [1.82, 2.24) is 10.6 Å². The van der Waals surface area contributed by atoms with Gasteiger partial charge in [-0.1, -0.05) is 32.1 Å². The number of hydrogen-bond donors (Lipinski definition) is 3. The fraction of sp³-hybridized carbons (Fsp3) is 0.857. The summed E-state index contributed by atoms with van der Waals surface area (Å²) in [7, 11) is 0. The smallest absolute Gasteiger partial charge is 0.315 e. The van der Waals surface area contributed by atoms with Crippen LogP contribution in [-0.2, 0) is 4.79 Å². The number of hydrogen-bond acceptors (Lipinski definition) is 2. The molecule has 2 amide bonds. The van der Waals surface area contributed by atoms with Crippen LogP contribution in [0.1, 0.15) is 57.8 Å². The van der Waals surface area contributed by atoms with E-state index in [1.807, 2.05) is 0 Å². The molecule has 0 unspecified atom stereocenters. The maximum absolute atomic E-state index is 11.9. The first-order chi connectivity index (χ1) is 9.10. The van der Waals surface area contributed by atoms with Crippen molar-refractivity contribution in [2.75, 3.05) is 6.54 Å². The zero-order chi connectivity index (χ0) is 13.7. The average molecular weight is 268 g/mol. The topological polar surface area (TPSA) is 78.4 Å². The molecule has 2 aliphatic rings. The van der Waals surface area contributed by atoms with Crippen LogP contribution in [-0.4, -0.2) is 29.2 Å². The molecule has 0 aromatic heterocycles. The number of amides is 2. The summed E-state index contributed by atoms with van der Waals surface area (Å²) in [4.78, 5) is 22.9. The van der Waals surface area contributed by atoms with E-state index in [4.69, 9.17) is 5.11 Å². The Morgan fingerprint density at radius 2 is 1.84 bits per heavy atom. The van der Waals surface area contributed by atoms with Crippen LogP contribution in [0, 0.1) is 5.92 Å². The molecule has 2 aliphatic carbocycles. The zero-order valence-electron chi connectivity index (χ0n) is 11.4. The van der Waals surface area contributed by atoms with E-state index in [9.17, 15) is 9.59 Å². The van der Waals surface area contributed by atoms with Gasteiger partial charge in [0.15, 0.2) is 0 Å². The van der Waals surface area contributed by atoms with E-state index in [-0.39, 0.29) is 12.5 Å². The standard InChI is InChI=1S/C14H24N2O3/c17-12(18)10-14(7-2-1-3-8-14)16-13(19)15-9-6-11-4-5-11/h11H,1-10H2,(H,17,18)(H2,15,16,19). The Balaban J connectivity index is 1.79. The van der Waals surface area contributed by atoms with Crippen LogP contribution in [0.3, 0.4) is 0 Å². The third-order valence-electron chi connectivity index (χ3n) is 4.21. The highest BCUT2D eigenvalue weighted by Crippen LogP contribution is 2.32. The molecule has 108 valence electrons. The molecule has 3 N–H and O–H groups in total. The Bertz CT molecular complexity index is 334. The van der Waals surface area contributed by atoms with Gasteiger partial charge in [0.2, 0.25) is 0 Å². The summed E-state index contributed by atoms with van der Waals surface area (Å²) in [5.74, 6) is -0.0388. The van der Waals surface area contributed by atoms with Crippen molar-refractivity contribution in [1.29, 1.82) is 0 Å². The summed E-state index contributed by atoms with van der Waals surface area (Å²) in [6.45, 7) is 0.694. The summed E-state index contributed by atoms with van der Waals surface area (Å²) in [5, 5.41) is 14.8. The average Bonchev–Trinajstić information content (AvgIpc) is 3.12. The number of aliphatic carboxylic acids is 1. The molecule has 5 nitrogen and oxygen atoms in total. The Morgan fingerprint density at radius 1 is 1.16 bits per heavy atom. The van der Waals surface area contributed by atoms with Gasteiger partial charge >= 0.3 is 12.0 Å². The second-order valence-electron chi connectivity index (χ2n) is 6.02.